The molecule has 2 atom stereocenters. The van der Waals surface area contributed by atoms with Crippen LogP contribution in [0.5, 0.6) is 0 Å². The lowest BCUT2D eigenvalue weighted by atomic mass is 9.49. The Morgan fingerprint density at radius 1 is 0.857 bits per heavy atom. The Kier molecular flexibility index (Phi) is 3.07. The summed E-state index contributed by atoms with van der Waals surface area (Å²) in [4.78, 5) is 12.9. The standard InChI is InChI=1S/C19H30O2/c1-16(2)7-13-8-18(5)10-17(3,4)11-19(12-18,21-6)15(13)14(20)9-16/h7-12H2,1-6H3. The average molecular weight is 290 g/mol. The Balaban J connectivity index is 2.15. The van der Waals surface area contributed by atoms with E-state index in [9.17, 15) is 4.79 Å². The van der Waals surface area contributed by atoms with Crippen LogP contribution in [0, 0.1) is 16.2 Å². The highest BCUT2D eigenvalue weighted by molar-refractivity contribution is 5.99. The van der Waals surface area contributed by atoms with Crippen molar-refractivity contribution in [1.29, 1.82) is 0 Å². The summed E-state index contributed by atoms with van der Waals surface area (Å²) in [6.07, 6.45) is 6.06. The molecule has 2 bridgehead atoms. The number of ether oxygens (including phenoxy) is 1. The van der Waals surface area contributed by atoms with Crippen LogP contribution in [0.2, 0.25) is 0 Å². The summed E-state index contributed by atoms with van der Waals surface area (Å²) in [6, 6.07) is 0. The van der Waals surface area contributed by atoms with E-state index in [0.29, 0.717) is 12.2 Å². The van der Waals surface area contributed by atoms with E-state index in [-0.39, 0.29) is 21.8 Å². The highest BCUT2D eigenvalue weighted by Crippen LogP contribution is 2.62. The van der Waals surface area contributed by atoms with Gasteiger partial charge in [0.05, 0.1) is 5.60 Å². The maximum atomic E-state index is 12.9. The fraction of sp³-hybridized carbons (Fsp3) is 0.842. The van der Waals surface area contributed by atoms with Crippen molar-refractivity contribution < 1.29 is 9.53 Å². The second-order valence-corrected chi connectivity index (χ2v) is 9.80. The number of fused-ring (bicyclic) bond motifs is 3. The van der Waals surface area contributed by atoms with Crippen LogP contribution in [0.25, 0.3) is 0 Å². The lowest BCUT2D eigenvalue weighted by molar-refractivity contribution is -0.133. The fourth-order valence-electron chi connectivity index (χ4n) is 6.04. The minimum Gasteiger partial charge on any atom is -0.373 e. The molecule has 0 amide bonds. The van der Waals surface area contributed by atoms with Crippen molar-refractivity contribution in [2.45, 2.75) is 78.7 Å². The van der Waals surface area contributed by atoms with E-state index < -0.39 is 0 Å². The van der Waals surface area contributed by atoms with Crippen molar-refractivity contribution in [2.75, 3.05) is 7.11 Å². The van der Waals surface area contributed by atoms with Gasteiger partial charge in [-0.3, -0.25) is 4.79 Å². The molecule has 21 heavy (non-hydrogen) atoms. The lowest BCUT2D eigenvalue weighted by Gasteiger charge is -2.58. The van der Waals surface area contributed by atoms with Gasteiger partial charge in [0, 0.05) is 19.1 Å². The van der Waals surface area contributed by atoms with E-state index in [1.807, 2.05) is 7.11 Å². The molecule has 2 nitrogen and oxygen atoms in total. The second kappa shape index (κ2) is 4.22. The third kappa shape index (κ3) is 2.40. The molecule has 0 saturated heterocycles. The van der Waals surface area contributed by atoms with Crippen LogP contribution in [0.4, 0.5) is 0 Å². The van der Waals surface area contributed by atoms with E-state index in [0.717, 1.165) is 31.3 Å². The van der Waals surface area contributed by atoms with Gasteiger partial charge in [0.25, 0.3) is 0 Å². The number of Topliss-reactive ketones (excluding diaryl/α,β-unsaturated/α-hetero) is 1. The van der Waals surface area contributed by atoms with Crippen LogP contribution in [0.1, 0.15) is 73.1 Å². The van der Waals surface area contributed by atoms with Crippen molar-refractivity contribution >= 4 is 5.78 Å². The highest BCUT2D eigenvalue weighted by Gasteiger charge is 2.58. The van der Waals surface area contributed by atoms with Crippen LogP contribution in [-0.2, 0) is 9.53 Å². The van der Waals surface area contributed by atoms with E-state index in [2.05, 4.69) is 34.6 Å². The van der Waals surface area contributed by atoms with Crippen molar-refractivity contribution in [1.82, 2.24) is 0 Å². The normalized spacial score (nSPS) is 41.0. The molecule has 1 fully saturated rings. The molecule has 0 aromatic rings. The van der Waals surface area contributed by atoms with Gasteiger partial charge < -0.3 is 4.74 Å². The van der Waals surface area contributed by atoms with Crippen LogP contribution >= 0.6 is 0 Å². The first-order valence-corrected chi connectivity index (χ1v) is 8.31. The van der Waals surface area contributed by atoms with Crippen LogP contribution in [-0.4, -0.2) is 18.5 Å². The van der Waals surface area contributed by atoms with Gasteiger partial charge in [-0.1, -0.05) is 40.2 Å². The predicted octanol–water partition coefficient (Wildman–Crippen LogP) is 4.68. The number of allylic oxidation sites excluding steroid dienone is 1. The molecule has 0 N–H and O–H groups in total. The third-order valence-electron chi connectivity index (χ3n) is 5.83. The first-order chi connectivity index (χ1) is 9.50. The number of ketones is 1. The molecule has 1 saturated carbocycles. The zero-order chi connectivity index (χ0) is 15.7. The Hall–Kier alpha value is -0.630. The zero-order valence-corrected chi connectivity index (χ0v) is 14.6. The molecule has 3 aliphatic carbocycles. The Labute approximate surface area is 129 Å². The SMILES string of the molecule is COC12CC(C)(C)CC(C)(CC3=C1C(=O)CC(C)(C)C3)C2. The maximum absolute atomic E-state index is 12.9. The number of hydrogen-bond donors (Lipinski definition) is 0. The monoisotopic (exact) mass is 290 g/mol. The van der Waals surface area contributed by atoms with Gasteiger partial charge in [0.1, 0.15) is 0 Å². The summed E-state index contributed by atoms with van der Waals surface area (Å²) in [7, 11) is 1.81. The molecule has 3 aliphatic rings. The highest BCUT2D eigenvalue weighted by atomic mass is 16.5. The van der Waals surface area contributed by atoms with Gasteiger partial charge in [-0.25, -0.2) is 0 Å². The molecule has 0 heterocycles. The number of carbonyl (C=O) groups is 1. The first kappa shape index (κ1) is 15.3. The molecule has 0 radical (unpaired) electrons. The van der Waals surface area contributed by atoms with Gasteiger partial charge in [-0.15, -0.1) is 0 Å². The smallest absolute Gasteiger partial charge is 0.162 e. The van der Waals surface area contributed by atoms with Gasteiger partial charge in [-0.05, 0) is 48.3 Å². The van der Waals surface area contributed by atoms with E-state index in [1.54, 1.807) is 0 Å². The predicted molar refractivity (Wildman–Crippen MR) is 85.1 cm³/mol. The number of hydrogen-bond acceptors (Lipinski definition) is 2. The minimum atomic E-state index is -0.322. The number of rotatable bonds is 1. The molecule has 0 aliphatic heterocycles. The fourth-order valence-corrected chi connectivity index (χ4v) is 6.04. The molecule has 2 unspecified atom stereocenters. The van der Waals surface area contributed by atoms with E-state index in [4.69, 9.17) is 4.74 Å². The third-order valence-corrected chi connectivity index (χ3v) is 5.83. The molecular formula is C19H30O2. The molecule has 0 aromatic heterocycles. The molecule has 3 rings (SSSR count). The van der Waals surface area contributed by atoms with Crippen molar-refractivity contribution in [3.63, 3.8) is 0 Å². The summed E-state index contributed by atoms with van der Waals surface area (Å²) in [5, 5.41) is 0. The molecule has 118 valence electrons. The van der Waals surface area contributed by atoms with Crippen molar-refractivity contribution in [2.24, 2.45) is 16.2 Å². The second-order valence-electron chi connectivity index (χ2n) is 9.80. The minimum absolute atomic E-state index is 0.113. The zero-order valence-electron chi connectivity index (χ0n) is 14.6. The van der Waals surface area contributed by atoms with E-state index in [1.165, 1.54) is 12.0 Å². The van der Waals surface area contributed by atoms with E-state index >= 15 is 0 Å². The average Bonchev–Trinajstić information content (AvgIpc) is 2.21. The topological polar surface area (TPSA) is 26.3 Å². The van der Waals surface area contributed by atoms with Crippen LogP contribution in [0.3, 0.4) is 0 Å². The van der Waals surface area contributed by atoms with Crippen molar-refractivity contribution in [3.8, 4) is 0 Å². The summed E-state index contributed by atoms with van der Waals surface area (Å²) in [5.41, 5.74) is 2.79. The summed E-state index contributed by atoms with van der Waals surface area (Å²) < 4.78 is 6.08. The number of methoxy groups -OCH3 is 1. The van der Waals surface area contributed by atoms with Crippen molar-refractivity contribution in [3.05, 3.63) is 11.1 Å². The van der Waals surface area contributed by atoms with Gasteiger partial charge >= 0.3 is 0 Å². The summed E-state index contributed by atoms with van der Waals surface area (Å²) in [6.45, 7) is 11.5. The van der Waals surface area contributed by atoms with Crippen LogP contribution in [0.15, 0.2) is 11.1 Å². The summed E-state index contributed by atoms with van der Waals surface area (Å²) in [5.74, 6) is 0.350. The summed E-state index contributed by atoms with van der Waals surface area (Å²) >= 11 is 0. The number of carbonyl (C=O) groups excluding carboxylic acids is 1. The quantitative estimate of drug-likeness (QED) is 0.701. The van der Waals surface area contributed by atoms with Gasteiger partial charge in [-0.2, -0.15) is 0 Å². The molecular weight excluding hydrogens is 260 g/mol. The Morgan fingerprint density at radius 2 is 1.52 bits per heavy atom. The van der Waals surface area contributed by atoms with Gasteiger partial charge in [0.15, 0.2) is 5.78 Å². The molecule has 0 spiro atoms. The maximum Gasteiger partial charge on any atom is 0.162 e. The Bertz CT molecular complexity index is 526. The Morgan fingerprint density at radius 3 is 2.14 bits per heavy atom. The first-order valence-electron chi connectivity index (χ1n) is 8.31. The van der Waals surface area contributed by atoms with Crippen LogP contribution < -0.4 is 0 Å². The molecule has 2 heteroatoms. The largest absolute Gasteiger partial charge is 0.373 e. The lowest BCUT2D eigenvalue weighted by Crippen LogP contribution is -2.55. The molecule has 0 aromatic carbocycles. The van der Waals surface area contributed by atoms with Gasteiger partial charge in [0.2, 0.25) is 0 Å².